The minimum atomic E-state index is 0.356. The number of hydrogen-bond acceptors (Lipinski definition) is 1. The molecule has 0 radical (unpaired) electrons. The van der Waals surface area contributed by atoms with Crippen molar-refractivity contribution in [2.75, 3.05) is 0 Å². The van der Waals surface area contributed by atoms with Crippen LogP contribution < -0.4 is 0 Å². The van der Waals surface area contributed by atoms with Crippen molar-refractivity contribution in [3.8, 4) is 0 Å². The van der Waals surface area contributed by atoms with Crippen LogP contribution in [0.25, 0.3) is 0 Å². The van der Waals surface area contributed by atoms with E-state index in [-0.39, 0.29) is 0 Å². The van der Waals surface area contributed by atoms with Gasteiger partial charge in [0.05, 0.1) is 6.20 Å². The molecule has 1 N–H and O–H groups in total. The minimum absolute atomic E-state index is 0.356. The second kappa shape index (κ2) is 2.68. The first-order chi connectivity index (χ1) is 4.99. The zero-order valence-electron chi connectivity index (χ0n) is 7.73. The molecule has 0 spiro atoms. The average molecular weight is 152 g/mol. The van der Waals surface area contributed by atoms with E-state index in [2.05, 4.69) is 37.9 Å². The molecule has 1 rings (SSSR count). The predicted molar refractivity (Wildman–Crippen MR) is 46.5 cm³/mol. The summed E-state index contributed by atoms with van der Waals surface area (Å²) in [5.41, 5.74) is 2.88. The summed E-state index contributed by atoms with van der Waals surface area (Å²) < 4.78 is 0. The Balaban J connectivity index is 2.72. The molecule has 0 aromatic carbocycles. The molecule has 1 aromatic rings. The van der Waals surface area contributed by atoms with Crippen LogP contribution in [0.4, 0.5) is 0 Å². The zero-order valence-corrected chi connectivity index (χ0v) is 7.73. The Morgan fingerprint density at radius 1 is 1.45 bits per heavy atom. The quantitative estimate of drug-likeness (QED) is 0.657. The fraction of sp³-hybridized carbons (Fsp3) is 0.667. The van der Waals surface area contributed by atoms with Gasteiger partial charge >= 0.3 is 0 Å². The zero-order chi connectivity index (χ0) is 8.48. The maximum absolute atomic E-state index is 3.98. The highest BCUT2D eigenvalue weighted by atomic mass is 15.1. The number of nitrogens with zero attached hydrogens (tertiary/aromatic N) is 1. The van der Waals surface area contributed by atoms with Crippen molar-refractivity contribution in [3.63, 3.8) is 0 Å². The normalized spacial score (nSPS) is 12.0. The van der Waals surface area contributed by atoms with Crippen LogP contribution >= 0.6 is 0 Å². The molecule has 0 bridgehead atoms. The van der Waals surface area contributed by atoms with Gasteiger partial charge in [-0.1, -0.05) is 20.8 Å². The molecule has 1 aromatic heterocycles. The molecule has 0 saturated carbocycles. The van der Waals surface area contributed by atoms with E-state index in [9.17, 15) is 0 Å². The Hall–Kier alpha value is -0.790. The van der Waals surface area contributed by atoms with Crippen LogP contribution in [0.3, 0.4) is 0 Å². The summed E-state index contributed by atoms with van der Waals surface area (Å²) in [4.78, 5) is 0. The van der Waals surface area contributed by atoms with Gasteiger partial charge in [0.25, 0.3) is 0 Å². The van der Waals surface area contributed by atoms with Gasteiger partial charge in [0.15, 0.2) is 0 Å². The minimum Gasteiger partial charge on any atom is -0.283 e. The lowest BCUT2D eigenvalue weighted by Gasteiger charge is -2.16. The number of aryl methyl sites for hydroxylation is 1. The first kappa shape index (κ1) is 8.31. The van der Waals surface area contributed by atoms with Crippen LogP contribution in [-0.4, -0.2) is 10.2 Å². The lowest BCUT2D eigenvalue weighted by atomic mass is 9.88. The maximum Gasteiger partial charge on any atom is 0.0522 e. The Labute approximate surface area is 68.0 Å². The van der Waals surface area contributed by atoms with Crippen LogP contribution in [0.15, 0.2) is 6.20 Å². The second-order valence-corrected chi connectivity index (χ2v) is 4.26. The third-order valence-corrected chi connectivity index (χ3v) is 1.66. The van der Waals surface area contributed by atoms with Gasteiger partial charge in [0.2, 0.25) is 0 Å². The third-order valence-electron chi connectivity index (χ3n) is 1.66. The molecule has 0 aliphatic heterocycles. The standard InChI is InChI=1S/C9H16N2/c1-7-8(6-10-11-7)5-9(2,3)4/h6H,5H2,1-4H3,(H,10,11). The van der Waals surface area contributed by atoms with Gasteiger partial charge in [-0.05, 0) is 24.3 Å². The first-order valence-corrected chi connectivity index (χ1v) is 3.98. The van der Waals surface area contributed by atoms with Gasteiger partial charge in [0, 0.05) is 5.69 Å². The highest BCUT2D eigenvalue weighted by molar-refractivity contribution is 5.15. The number of nitrogens with one attached hydrogen (secondary N) is 1. The molecule has 0 amide bonds. The van der Waals surface area contributed by atoms with Crippen LogP contribution in [0.2, 0.25) is 0 Å². The molecule has 0 atom stereocenters. The number of aromatic nitrogens is 2. The van der Waals surface area contributed by atoms with E-state index in [1.165, 1.54) is 11.3 Å². The fourth-order valence-electron chi connectivity index (χ4n) is 1.13. The number of rotatable bonds is 1. The molecule has 62 valence electrons. The molecule has 1 heterocycles. The van der Waals surface area contributed by atoms with E-state index >= 15 is 0 Å². The molecule has 2 heteroatoms. The van der Waals surface area contributed by atoms with Crippen molar-refractivity contribution in [1.82, 2.24) is 10.2 Å². The van der Waals surface area contributed by atoms with Gasteiger partial charge in [-0.15, -0.1) is 0 Å². The average Bonchev–Trinajstić information content (AvgIpc) is 2.12. The van der Waals surface area contributed by atoms with Gasteiger partial charge < -0.3 is 0 Å². The first-order valence-electron chi connectivity index (χ1n) is 3.98. The molecular weight excluding hydrogens is 136 g/mol. The van der Waals surface area contributed by atoms with Crippen molar-refractivity contribution in [1.29, 1.82) is 0 Å². The summed E-state index contributed by atoms with van der Waals surface area (Å²) in [5, 5.41) is 6.92. The smallest absolute Gasteiger partial charge is 0.0522 e. The highest BCUT2D eigenvalue weighted by Gasteiger charge is 2.13. The van der Waals surface area contributed by atoms with Crippen LogP contribution in [0.5, 0.6) is 0 Å². The summed E-state index contributed by atoms with van der Waals surface area (Å²) in [6.07, 6.45) is 3.01. The maximum atomic E-state index is 3.98. The van der Waals surface area contributed by atoms with Gasteiger partial charge in [0.1, 0.15) is 0 Å². The molecule has 11 heavy (non-hydrogen) atoms. The predicted octanol–water partition coefficient (Wildman–Crippen LogP) is 2.31. The Kier molecular flexibility index (Phi) is 2.03. The van der Waals surface area contributed by atoms with Crippen molar-refractivity contribution >= 4 is 0 Å². The molecule has 0 fully saturated rings. The molecule has 2 nitrogen and oxygen atoms in total. The Morgan fingerprint density at radius 3 is 2.45 bits per heavy atom. The topological polar surface area (TPSA) is 28.7 Å². The number of H-pyrrole nitrogens is 1. The van der Waals surface area contributed by atoms with Crippen LogP contribution in [0, 0.1) is 12.3 Å². The van der Waals surface area contributed by atoms with Gasteiger partial charge in [-0.3, -0.25) is 5.10 Å². The monoisotopic (exact) mass is 152 g/mol. The van der Waals surface area contributed by atoms with Crippen molar-refractivity contribution in [3.05, 3.63) is 17.5 Å². The summed E-state index contributed by atoms with van der Waals surface area (Å²) in [6, 6.07) is 0. The van der Waals surface area contributed by atoms with Crippen molar-refractivity contribution in [2.45, 2.75) is 34.1 Å². The lowest BCUT2D eigenvalue weighted by Crippen LogP contribution is -2.09. The fourth-order valence-corrected chi connectivity index (χ4v) is 1.13. The molecule has 0 aliphatic carbocycles. The third kappa shape index (κ3) is 2.37. The van der Waals surface area contributed by atoms with E-state index in [0.29, 0.717) is 5.41 Å². The summed E-state index contributed by atoms with van der Waals surface area (Å²) in [5.74, 6) is 0. The van der Waals surface area contributed by atoms with Gasteiger partial charge in [-0.25, -0.2) is 0 Å². The molecule has 0 saturated heterocycles. The molecule has 0 aliphatic rings. The molecule has 0 unspecified atom stereocenters. The summed E-state index contributed by atoms with van der Waals surface area (Å²) in [6.45, 7) is 8.77. The SMILES string of the molecule is Cc1[nH]ncc1CC(C)(C)C. The van der Waals surface area contributed by atoms with E-state index in [0.717, 1.165) is 6.42 Å². The highest BCUT2D eigenvalue weighted by Crippen LogP contribution is 2.21. The van der Waals surface area contributed by atoms with Crippen molar-refractivity contribution < 1.29 is 0 Å². The number of aromatic amines is 1. The van der Waals surface area contributed by atoms with E-state index in [1.54, 1.807) is 0 Å². The molecular formula is C9H16N2. The van der Waals surface area contributed by atoms with E-state index in [4.69, 9.17) is 0 Å². The van der Waals surface area contributed by atoms with Crippen molar-refractivity contribution in [2.24, 2.45) is 5.41 Å². The second-order valence-electron chi connectivity index (χ2n) is 4.26. The Morgan fingerprint density at radius 2 is 2.09 bits per heavy atom. The largest absolute Gasteiger partial charge is 0.283 e. The van der Waals surface area contributed by atoms with Crippen LogP contribution in [0.1, 0.15) is 32.0 Å². The lowest BCUT2D eigenvalue weighted by molar-refractivity contribution is 0.410. The number of hydrogen-bond donors (Lipinski definition) is 1. The van der Waals surface area contributed by atoms with Gasteiger partial charge in [-0.2, -0.15) is 5.10 Å². The Bertz CT molecular complexity index is 230. The summed E-state index contributed by atoms with van der Waals surface area (Å²) >= 11 is 0. The van der Waals surface area contributed by atoms with Crippen LogP contribution in [-0.2, 0) is 6.42 Å². The summed E-state index contributed by atoms with van der Waals surface area (Å²) in [7, 11) is 0. The van der Waals surface area contributed by atoms with E-state index in [1.807, 2.05) is 6.20 Å². The van der Waals surface area contributed by atoms with E-state index < -0.39 is 0 Å².